The van der Waals surface area contributed by atoms with Gasteiger partial charge in [-0.15, -0.1) is 0 Å². The van der Waals surface area contributed by atoms with Crippen LogP contribution in [0.15, 0.2) is 60.8 Å². The zero-order valence-electron chi connectivity index (χ0n) is 9.93. The van der Waals surface area contributed by atoms with Gasteiger partial charge in [-0.2, -0.15) is 0 Å². The molecule has 0 aliphatic carbocycles. The highest BCUT2D eigenvalue weighted by Gasteiger charge is 1.95. The molecule has 0 saturated heterocycles. The van der Waals surface area contributed by atoms with E-state index in [4.69, 9.17) is 0 Å². The molecule has 0 unspecified atom stereocenters. The zero-order valence-corrected chi connectivity index (χ0v) is 9.93. The number of hydrogen-bond acceptors (Lipinski definition) is 0. The van der Waals surface area contributed by atoms with Gasteiger partial charge in [0.15, 0.2) is 0 Å². The van der Waals surface area contributed by atoms with Gasteiger partial charge in [-0.1, -0.05) is 63.5 Å². The standard InChI is InChI=1S/C12H16.C2H6/c1-6-8-9-12(10(3)4)11(5)7-2;1-2/h6-9H,1-3H2,4-5H3;1-2H3/b9-8-,12-11-;. The Balaban J connectivity index is 0. The first-order chi connectivity index (χ1) is 6.63. The molecule has 0 aromatic rings. The molecule has 0 aliphatic heterocycles. The number of allylic oxidation sites excluding steroid dienone is 7. The Morgan fingerprint density at radius 1 is 1.07 bits per heavy atom. The van der Waals surface area contributed by atoms with Crippen molar-refractivity contribution in [3.05, 3.63) is 60.8 Å². The van der Waals surface area contributed by atoms with Crippen LogP contribution in [0.1, 0.15) is 27.7 Å². The van der Waals surface area contributed by atoms with Gasteiger partial charge in [-0.3, -0.25) is 0 Å². The van der Waals surface area contributed by atoms with Crippen molar-refractivity contribution >= 4 is 0 Å². The number of rotatable bonds is 4. The normalized spacial score (nSPS) is 11.1. The molecule has 0 spiro atoms. The van der Waals surface area contributed by atoms with E-state index in [1.54, 1.807) is 6.08 Å². The molecular formula is C14H22. The monoisotopic (exact) mass is 190 g/mol. The molecule has 0 aliphatic rings. The predicted octanol–water partition coefficient (Wildman–Crippen LogP) is 4.83. The summed E-state index contributed by atoms with van der Waals surface area (Å²) in [6.45, 7) is 19.2. The van der Waals surface area contributed by atoms with Crippen LogP contribution < -0.4 is 0 Å². The van der Waals surface area contributed by atoms with Crippen LogP contribution >= 0.6 is 0 Å². The van der Waals surface area contributed by atoms with Crippen molar-refractivity contribution in [2.45, 2.75) is 27.7 Å². The fourth-order valence-electron chi connectivity index (χ4n) is 0.885. The van der Waals surface area contributed by atoms with Gasteiger partial charge >= 0.3 is 0 Å². The maximum Gasteiger partial charge on any atom is -0.0204 e. The highest BCUT2D eigenvalue weighted by molar-refractivity contribution is 5.44. The molecule has 0 heterocycles. The maximum atomic E-state index is 3.89. The van der Waals surface area contributed by atoms with E-state index >= 15 is 0 Å². The minimum absolute atomic E-state index is 1.05. The van der Waals surface area contributed by atoms with E-state index in [-0.39, 0.29) is 0 Å². The summed E-state index contributed by atoms with van der Waals surface area (Å²) < 4.78 is 0. The van der Waals surface area contributed by atoms with Gasteiger partial charge in [-0.25, -0.2) is 0 Å². The molecule has 0 fully saturated rings. The summed E-state index contributed by atoms with van der Waals surface area (Å²) >= 11 is 0. The zero-order chi connectivity index (χ0) is 11.6. The van der Waals surface area contributed by atoms with Gasteiger partial charge in [0.1, 0.15) is 0 Å². The molecule has 0 rings (SSSR count). The van der Waals surface area contributed by atoms with Crippen molar-refractivity contribution < 1.29 is 0 Å². The lowest BCUT2D eigenvalue weighted by atomic mass is 10.0. The predicted molar refractivity (Wildman–Crippen MR) is 68.4 cm³/mol. The fourth-order valence-corrected chi connectivity index (χ4v) is 0.885. The molecule has 78 valence electrons. The minimum atomic E-state index is 1.05. The lowest BCUT2D eigenvalue weighted by Crippen LogP contribution is -1.83. The van der Waals surface area contributed by atoms with Crippen LogP contribution in [0.3, 0.4) is 0 Å². The van der Waals surface area contributed by atoms with Crippen LogP contribution in [-0.2, 0) is 0 Å². The van der Waals surface area contributed by atoms with Crippen LogP contribution in [0.2, 0.25) is 0 Å². The summed E-state index contributed by atoms with van der Waals surface area (Å²) in [4.78, 5) is 0. The molecular weight excluding hydrogens is 168 g/mol. The van der Waals surface area contributed by atoms with E-state index in [2.05, 4.69) is 19.7 Å². The Morgan fingerprint density at radius 2 is 1.57 bits per heavy atom. The highest BCUT2D eigenvalue weighted by atomic mass is 14.0. The van der Waals surface area contributed by atoms with E-state index in [9.17, 15) is 0 Å². The molecule has 0 atom stereocenters. The average molecular weight is 190 g/mol. The van der Waals surface area contributed by atoms with Crippen LogP contribution in [0.4, 0.5) is 0 Å². The molecule has 0 aromatic heterocycles. The first kappa shape index (κ1) is 15.2. The van der Waals surface area contributed by atoms with Gasteiger partial charge in [-0.05, 0) is 25.0 Å². The Hall–Kier alpha value is -1.30. The van der Waals surface area contributed by atoms with Crippen molar-refractivity contribution in [2.24, 2.45) is 0 Å². The third-order valence-electron chi connectivity index (χ3n) is 1.59. The minimum Gasteiger partial charge on any atom is -0.0991 e. The van der Waals surface area contributed by atoms with Crippen molar-refractivity contribution in [2.75, 3.05) is 0 Å². The van der Waals surface area contributed by atoms with E-state index < -0.39 is 0 Å². The van der Waals surface area contributed by atoms with Crippen LogP contribution in [-0.4, -0.2) is 0 Å². The van der Waals surface area contributed by atoms with Crippen molar-refractivity contribution in [1.29, 1.82) is 0 Å². The van der Waals surface area contributed by atoms with E-state index in [0.29, 0.717) is 0 Å². The van der Waals surface area contributed by atoms with Crippen molar-refractivity contribution in [3.8, 4) is 0 Å². The summed E-state index contributed by atoms with van der Waals surface area (Å²) in [6.07, 6.45) is 7.47. The smallest absolute Gasteiger partial charge is 0.0204 e. The molecule has 0 nitrogen and oxygen atoms in total. The van der Waals surface area contributed by atoms with Crippen LogP contribution in [0.5, 0.6) is 0 Å². The quantitative estimate of drug-likeness (QED) is 0.557. The molecule has 0 bridgehead atoms. The lowest BCUT2D eigenvalue weighted by Gasteiger charge is -2.03. The summed E-state index contributed by atoms with van der Waals surface area (Å²) in [7, 11) is 0. The molecule has 0 aromatic carbocycles. The molecule has 14 heavy (non-hydrogen) atoms. The second-order valence-electron chi connectivity index (χ2n) is 2.68. The third-order valence-corrected chi connectivity index (χ3v) is 1.59. The third kappa shape index (κ3) is 6.24. The first-order valence-corrected chi connectivity index (χ1v) is 4.91. The summed E-state index contributed by atoms with van der Waals surface area (Å²) in [5, 5.41) is 0. The number of hydrogen-bond donors (Lipinski definition) is 0. The van der Waals surface area contributed by atoms with E-state index in [1.807, 2.05) is 45.9 Å². The Morgan fingerprint density at radius 3 is 1.86 bits per heavy atom. The van der Waals surface area contributed by atoms with Gasteiger partial charge in [0.25, 0.3) is 0 Å². The molecule has 0 heteroatoms. The second kappa shape index (κ2) is 9.79. The lowest BCUT2D eigenvalue weighted by molar-refractivity contribution is 1.36. The Labute approximate surface area is 89.0 Å². The molecule has 0 saturated carbocycles. The topological polar surface area (TPSA) is 0 Å². The first-order valence-electron chi connectivity index (χ1n) is 4.91. The van der Waals surface area contributed by atoms with Gasteiger partial charge in [0.2, 0.25) is 0 Å². The van der Waals surface area contributed by atoms with E-state index in [0.717, 1.165) is 16.7 Å². The Kier molecular flexibility index (Phi) is 10.6. The highest BCUT2D eigenvalue weighted by Crippen LogP contribution is 2.14. The average Bonchev–Trinajstić information content (AvgIpc) is 2.20. The Bertz CT molecular complexity index is 249. The van der Waals surface area contributed by atoms with E-state index in [1.165, 1.54) is 0 Å². The van der Waals surface area contributed by atoms with Gasteiger partial charge < -0.3 is 0 Å². The second-order valence-corrected chi connectivity index (χ2v) is 2.68. The van der Waals surface area contributed by atoms with Crippen LogP contribution in [0.25, 0.3) is 0 Å². The van der Waals surface area contributed by atoms with Gasteiger partial charge in [0.05, 0.1) is 0 Å². The van der Waals surface area contributed by atoms with Gasteiger partial charge in [0, 0.05) is 0 Å². The molecule has 0 amide bonds. The molecule has 0 radical (unpaired) electrons. The molecule has 0 N–H and O–H groups in total. The fraction of sp³-hybridized carbons (Fsp3) is 0.286. The summed E-state index contributed by atoms with van der Waals surface area (Å²) in [5.41, 5.74) is 3.32. The van der Waals surface area contributed by atoms with Crippen molar-refractivity contribution in [3.63, 3.8) is 0 Å². The SMILES string of the molecule is C=C/C=C\C(C(=C)C)=C(/C)C=C.CC. The van der Waals surface area contributed by atoms with Crippen LogP contribution in [0, 0.1) is 0 Å². The maximum absolute atomic E-state index is 3.89. The summed E-state index contributed by atoms with van der Waals surface area (Å²) in [6, 6.07) is 0. The largest absolute Gasteiger partial charge is 0.0991 e. The summed E-state index contributed by atoms with van der Waals surface area (Å²) in [5.74, 6) is 0. The van der Waals surface area contributed by atoms with Crippen molar-refractivity contribution in [1.82, 2.24) is 0 Å².